The number of para-hydroxylation sites is 1. The molecule has 0 aliphatic heterocycles. The van der Waals surface area contributed by atoms with E-state index in [2.05, 4.69) is 15.5 Å². The zero-order valence-corrected chi connectivity index (χ0v) is 10.9. The lowest BCUT2D eigenvalue weighted by atomic mass is 10.2. The molecule has 0 spiro atoms. The minimum atomic E-state index is -0.592. The van der Waals surface area contributed by atoms with Gasteiger partial charge >= 0.3 is 0 Å². The zero-order valence-electron chi connectivity index (χ0n) is 10.2. The molecule has 20 heavy (non-hydrogen) atoms. The Balaban J connectivity index is 1.93. The minimum absolute atomic E-state index is 0.0616. The number of aromatic amines is 1. The van der Waals surface area contributed by atoms with E-state index >= 15 is 0 Å². The van der Waals surface area contributed by atoms with Crippen LogP contribution in [0, 0.1) is 5.82 Å². The van der Waals surface area contributed by atoms with Crippen LogP contribution in [0.5, 0.6) is 0 Å². The molecule has 0 radical (unpaired) electrons. The molecule has 2 N–H and O–H groups in total. The van der Waals surface area contributed by atoms with E-state index in [1.54, 1.807) is 12.1 Å². The topological polar surface area (TPSA) is 57.8 Å². The number of nitrogens with one attached hydrogen (secondary N) is 2. The number of halogens is 2. The number of aromatic nitrogens is 2. The monoisotopic (exact) mass is 289 g/mol. The van der Waals surface area contributed by atoms with Crippen molar-refractivity contribution in [1.82, 2.24) is 10.2 Å². The Bertz CT molecular complexity index is 800. The number of fused-ring (bicyclic) bond motifs is 1. The molecule has 0 aliphatic rings. The van der Waals surface area contributed by atoms with Crippen molar-refractivity contribution in [2.45, 2.75) is 0 Å². The van der Waals surface area contributed by atoms with Crippen molar-refractivity contribution in [3.05, 3.63) is 59.0 Å². The van der Waals surface area contributed by atoms with Gasteiger partial charge in [0.05, 0.1) is 11.2 Å². The Morgan fingerprint density at radius 3 is 2.85 bits per heavy atom. The van der Waals surface area contributed by atoms with Gasteiger partial charge in [-0.2, -0.15) is 5.10 Å². The van der Waals surface area contributed by atoms with Gasteiger partial charge in [0.2, 0.25) is 0 Å². The molecule has 0 bridgehead atoms. The Morgan fingerprint density at radius 2 is 2.05 bits per heavy atom. The third kappa shape index (κ3) is 2.23. The fraction of sp³-hybridized carbons (Fsp3) is 0. The van der Waals surface area contributed by atoms with E-state index in [-0.39, 0.29) is 16.4 Å². The number of benzene rings is 2. The summed E-state index contributed by atoms with van der Waals surface area (Å²) in [4.78, 5) is 12.1. The lowest BCUT2D eigenvalue weighted by Gasteiger charge is -2.05. The standard InChI is InChI=1S/C14H9ClFN3O/c15-8-5-6-12(10(16)7-8)17-14(20)13-9-3-1-2-4-11(9)18-19-13/h1-7H,(H,17,20)(H,18,19). The maximum Gasteiger partial charge on any atom is 0.276 e. The zero-order chi connectivity index (χ0) is 14.1. The Labute approximate surface area is 118 Å². The summed E-state index contributed by atoms with van der Waals surface area (Å²) in [5, 5.41) is 10.1. The molecule has 4 nitrogen and oxygen atoms in total. The molecule has 100 valence electrons. The fourth-order valence-electron chi connectivity index (χ4n) is 1.91. The highest BCUT2D eigenvalue weighted by Gasteiger charge is 2.15. The molecular weight excluding hydrogens is 281 g/mol. The highest BCUT2D eigenvalue weighted by Crippen LogP contribution is 2.21. The number of anilines is 1. The van der Waals surface area contributed by atoms with Gasteiger partial charge in [-0.05, 0) is 24.3 Å². The van der Waals surface area contributed by atoms with E-state index in [0.29, 0.717) is 5.39 Å². The van der Waals surface area contributed by atoms with E-state index in [4.69, 9.17) is 11.6 Å². The Kier molecular flexibility index (Phi) is 3.12. The predicted octanol–water partition coefficient (Wildman–Crippen LogP) is 3.61. The van der Waals surface area contributed by atoms with Gasteiger partial charge < -0.3 is 5.32 Å². The second kappa shape index (κ2) is 4.94. The molecule has 0 aliphatic carbocycles. The molecule has 0 fully saturated rings. The molecule has 3 rings (SSSR count). The first-order valence-corrected chi connectivity index (χ1v) is 6.22. The van der Waals surface area contributed by atoms with E-state index in [0.717, 1.165) is 11.6 Å². The van der Waals surface area contributed by atoms with Crippen molar-refractivity contribution in [1.29, 1.82) is 0 Å². The SMILES string of the molecule is O=C(Nc1ccc(Cl)cc1F)c1n[nH]c2ccccc12. The summed E-state index contributed by atoms with van der Waals surface area (Å²) in [6.07, 6.45) is 0. The summed E-state index contributed by atoms with van der Waals surface area (Å²) >= 11 is 5.66. The van der Waals surface area contributed by atoms with E-state index in [9.17, 15) is 9.18 Å². The fourth-order valence-corrected chi connectivity index (χ4v) is 2.07. The van der Waals surface area contributed by atoms with Crippen LogP contribution >= 0.6 is 11.6 Å². The smallest absolute Gasteiger partial charge is 0.276 e. The third-order valence-corrected chi connectivity index (χ3v) is 3.10. The molecule has 1 heterocycles. The van der Waals surface area contributed by atoms with Crippen molar-refractivity contribution < 1.29 is 9.18 Å². The second-order valence-corrected chi connectivity index (χ2v) is 4.63. The molecule has 0 atom stereocenters. The van der Waals surface area contributed by atoms with E-state index < -0.39 is 11.7 Å². The van der Waals surface area contributed by atoms with Crippen LogP contribution in [0.1, 0.15) is 10.5 Å². The number of rotatable bonds is 2. The van der Waals surface area contributed by atoms with Crippen LogP contribution < -0.4 is 5.32 Å². The number of carbonyl (C=O) groups excluding carboxylic acids is 1. The van der Waals surface area contributed by atoms with Gasteiger partial charge in [0.15, 0.2) is 5.69 Å². The van der Waals surface area contributed by atoms with Crippen LogP contribution in [0.15, 0.2) is 42.5 Å². The molecule has 6 heteroatoms. The van der Waals surface area contributed by atoms with Crippen LogP contribution in [0.25, 0.3) is 10.9 Å². The molecular formula is C14H9ClFN3O. The van der Waals surface area contributed by atoms with Crippen LogP contribution in [0.3, 0.4) is 0 Å². The molecule has 0 saturated heterocycles. The number of hydrogen-bond donors (Lipinski definition) is 2. The number of H-pyrrole nitrogens is 1. The first kappa shape index (κ1) is 12.6. The number of nitrogens with zero attached hydrogens (tertiary/aromatic N) is 1. The van der Waals surface area contributed by atoms with Gasteiger partial charge in [-0.1, -0.05) is 29.8 Å². The highest BCUT2D eigenvalue weighted by molar-refractivity contribution is 6.30. The van der Waals surface area contributed by atoms with Gasteiger partial charge in [0.25, 0.3) is 5.91 Å². The summed E-state index contributed by atoms with van der Waals surface area (Å²) in [6, 6.07) is 11.3. The lowest BCUT2D eigenvalue weighted by molar-refractivity contribution is 0.102. The lowest BCUT2D eigenvalue weighted by Crippen LogP contribution is -2.13. The largest absolute Gasteiger partial charge is 0.318 e. The van der Waals surface area contributed by atoms with Crippen molar-refractivity contribution in [3.8, 4) is 0 Å². The minimum Gasteiger partial charge on any atom is -0.318 e. The first-order valence-electron chi connectivity index (χ1n) is 5.84. The summed E-state index contributed by atoms with van der Waals surface area (Å²) in [6.45, 7) is 0. The average molecular weight is 290 g/mol. The van der Waals surface area contributed by atoms with Crippen molar-refractivity contribution in [3.63, 3.8) is 0 Å². The molecule has 3 aromatic rings. The molecule has 0 saturated carbocycles. The summed E-state index contributed by atoms with van der Waals surface area (Å²) in [5.41, 5.74) is 1.02. The quantitative estimate of drug-likeness (QED) is 0.757. The van der Waals surface area contributed by atoms with Gasteiger partial charge in [-0.15, -0.1) is 0 Å². The number of carbonyl (C=O) groups is 1. The molecule has 0 unspecified atom stereocenters. The van der Waals surface area contributed by atoms with Crippen molar-refractivity contribution in [2.75, 3.05) is 5.32 Å². The van der Waals surface area contributed by atoms with E-state index in [1.165, 1.54) is 12.1 Å². The van der Waals surface area contributed by atoms with Gasteiger partial charge in [-0.3, -0.25) is 9.89 Å². The summed E-state index contributed by atoms with van der Waals surface area (Å²) in [7, 11) is 0. The average Bonchev–Trinajstić information content (AvgIpc) is 2.86. The van der Waals surface area contributed by atoms with Crippen LogP contribution in [-0.2, 0) is 0 Å². The third-order valence-electron chi connectivity index (χ3n) is 2.86. The van der Waals surface area contributed by atoms with Crippen LogP contribution in [-0.4, -0.2) is 16.1 Å². The number of hydrogen-bond acceptors (Lipinski definition) is 2. The number of amides is 1. The van der Waals surface area contributed by atoms with Crippen molar-refractivity contribution >= 4 is 34.1 Å². The first-order chi connectivity index (χ1) is 9.65. The Morgan fingerprint density at radius 1 is 1.25 bits per heavy atom. The molecule has 1 amide bonds. The summed E-state index contributed by atoms with van der Waals surface area (Å²) < 4.78 is 13.6. The van der Waals surface area contributed by atoms with Gasteiger partial charge in [0, 0.05) is 10.4 Å². The molecule has 2 aromatic carbocycles. The Hall–Kier alpha value is -2.40. The maximum absolute atomic E-state index is 13.6. The summed E-state index contributed by atoms with van der Waals surface area (Å²) in [5.74, 6) is -1.07. The van der Waals surface area contributed by atoms with Crippen LogP contribution in [0.4, 0.5) is 10.1 Å². The van der Waals surface area contributed by atoms with Gasteiger partial charge in [-0.25, -0.2) is 4.39 Å². The molecule has 1 aromatic heterocycles. The van der Waals surface area contributed by atoms with Crippen molar-refractivity contribution in [2.24, 2.45) is 0 Å². The van der Waals surface area contributed by atoms with Gasteiger partial charge in [0.1, 0.15) is 5.82 Å². The van der Waals surface area contributed by atoms with Crippen LogP contribution in [0.2, 0.25) is 5.02 Å². The maximum atomic E-state index is 13.6. The predicted molar refractivity (Wildman–Crippen MR) is 75.5 cm³/mol. The highest BCUT2D eigenvalue weighted by atomic mass is 35.5. The second-order valence-electron chi connectivity index (χ2n) is 4.20. The van der Waals surface area contributed by atoms with E-state index in [1.807, 2.05) is 12.1 Å². The normalized spacial score (nSPS) is 10.7.